The van der Waals surface area contributed by atoms with E-state index in [0.717, 1.165) is 44.2 Å². The number of ether oxygens (including phenoxy) is 1. The number of hydrogen-bond acceptors (Lipinski definition) is 3. The topological polar surface area (TPSA) is 32.8 Å². The van der Waals surface area contributed by atoms with Crippen LogP contribution in [0.1, 0.15) is 18.9 Å². The summed E-state index contributed by atoms with van der Waals surface area (Å²) in [4.78, 5) is 16.3. The number of para-hydroxylation sites is 1. The van der Waals surface area contributed by atoms with Crippen LogP contribution in [-0.2, 0) is 11.3 Å². The predicted molar refractivity (Wildman–Crippen MR) is 95.1 cm³/mol. The molecule has 0 unspecified atom stereocenters. The minimum atomic E-state index is 0.265. The maximum absolute atomic E-state index is 12.0. The summed E-state index contributed by atoms with van der Waals surface area (Å²) in [5.74, 6) is 1.95. The van der Waals surface area contributed by atoms with Crippen LogP contribution in [0.3, 0.4) is 0 Å². The molecule has 2 aromatic carbocycles. The summed E-state index contributed by atoms with van der Waals surface area (Å²) in [6.45, 7) is 6.24. The molecule has 0 saturated carbocycles. The van der Waals surface area contributed by atoms with Crippen LogP contribution in [0.15, 0.2) is 54.6 Å². The summed E-state index contributed by atoms with van der Waals surface area (Å²) in [5, 5.41) is 0. The van der Waals surface area contributed by atoms with Gasteiger partial charge in [0.15, 0.2) is 0 Å². The number of rotatable bonds is 5. The SMILES string of the molecule is CCN1CCN(Cc2cccc(Oc3ccccc3)c2)CCC1=O. The first-order valence-electron chi connectivity index (χ1n) is 8.56. The van der Waals surface area contributed by atoms with Crippen LogP contribution in [0.2, 0.25) is 0 Å². The summed E-state index contributed by atoms with van der Waals surface area (Å²) in [7, 11) is 0. The smallest absolute Gasteiger partial charge is 0.223 e. The number of carbonyl (C=O) groups excluding carboxylic acids is 1. The molecule has 1 fully saturated rings. The molecule has 24 heavy (non-hydrogen) atoms. The van der Waals surface area contributed by atoms with Gasteiger partial charge in [0, 0.05) is 39.1 Å². The molecule has 1 amide bonds. The second kappa shape index (κ2) is 7.97. The minimum Gasteiger partial charge on any atom is -0.457 e. The van der Waals surface area contributed by atoms with Gasteiger partial charge < -0.3 is 9.64 Å². The maximum Gasteiger partial charge on any atom is 0.223 e. The second-order valence-corrected chi connectivity index (χ2v) is 6.06. The van der Waals surface area contributed by atoms with Gasteiger partial charge in [-0.05, 0) is 36.8 Å². The first-order chi connectivity index (χ1) is 11.7. The molecule has 0 atom stereocenters. The Bertz CT molecular complexity index is 672. The number of carbonyl (C=O) groups is 1. The summed E-state index contributed by atoms with van der Waals surface area (Å²) in [6.07, 6.45) is 0.605. The Morgan fingerprint density at radius 1 is 0.958 bits per heavy atom. The third kappa shape index (κ3) is 4.36. The Morgan fingerprint density at radius 3 is 2.54 bits per heavy atom. The summed E-state index contributed by atoms with van der Waals surface area (Å²) >= 11 is 0. The third-order valence-corrected chi connectivity index (χ3v) is 4.35. The molecule has 3 rings (SSSR count). The molecule has 0 N–H and O–H groups in total. The van der Waals surface area contributed by atoms with Gasteiger partial charge in [-0.1, -0.05) is 30.3 Å². The molecule has 126 valence electrons. The zero-order chi connectivity index (χ0) is 16.8. The molecule has 0 aliphatic carbocycles. The number of nitrogens with zero attached hydrogens (tertiary/aromatic N) is 2. The first kappa shape index (κ1) is 16.5. The van der Waals surface area contributed by atoms with Crippen LogP contribution < -0.4 is 4.74 Å². The van der Waals surface area contributed by atoms with Crippen molar-refractivity contribution in [3.63, 3.8) is 0 Å². The monoisotopic (exact) mass is 324 g/mol. The lowest BCUT2D eigenvalue weighted by Gasteiger charge is -2.21. The van der Waals surface area contributed by atoms with Crippen LogP contribution in [-0.4, -0.2) is 41.9 Å². The highest BCUT2D eigenvalue weighted by atomic mass is 16.5. The average Bonchev–Trinajstić information content (AvgIpc) is 2.78. The number of amides is 1. The molecule has 1 saturated heterocycles. The van der Waals surface area contributed by atoms with Crippen molar-refractivity contribution in [2.24, 2.45) is 0 Å². The third-order valence-electron chi connectivity index (χ3n) is 4.35. The van der Waals surface area contributed by atoms with E-state index in [9.17, 15) is 4.79 Å². The van der Waals surface area contributed by atoms with Crippen molar-refractivity contribution in [2.45, 2.75) is 19.9 Å². The van der Waals surface area contributed by atoms with E-state index in [1.165, 1.54) is 5.56 Å². The van der Waals surface area contributed by atoms with Gasteiger partial charge in [0.25, 0.3) is 0 Å². The summed E-state index contributed by atoms with van der Waals surface area (Å²) in [6, 6.07) is 18.0. The van der Waals surface area contributed by atoms with E-state index in [-0.39, 0.29) is 5.91 Å². The summed E-state index contributed by atoms with van der Waals surface area (Å²) < 4.78 is 5.90. The van der Waals surface area contributed by atoms with E-state index in [2.05, 4.69) is 17.0 Å². The van der Waals surface area contributed by atoms with E-state index in [4.69, 9.17) is 4.74 Å². The molecule has 1 aliphatic rings. The van der Waals surface area contributed by atoms with Crippen molar-refractivity contribution in [1.82, 2.24) is 9.80 Å². The van der Waals surface area contributed by atoms with Crippen molar-refractivity contribution < 1.29 is 9.53 Å². The second-order valence-electron chi connectivity index (χ2n) is 6.06. The maximum atomic E-state index is 12.0. The first-order valence-corrected chi connectivity index (χ1v) is 8.56. The molecule has 4 nitrogen and oxygen atoms in total. The van der Waals surface area contributed by atoms with Crippen molar-refractivity contribution in [2.75, 3.05) is 26.2 Å². The normalized spacial score (nSPS) is 16.0. The number of benzene rings is 2. The van der Waals surface area contributed by atoms with Crippen molar-refractivity contribution >= 4 is 5.91 Å². The minimum absolute atomic E-state index is 0.265. The van der Waals surface area contributed by atoms with Gasteiger partial charge in [0.05, 0.1) is 0 Å². The lowest BCUT2D eigenvalue weighted by molar-refractivity contribution is -0.130. The molecular weight excluding hydrogens is 300 g/mol. The van der Waals surface area contributed by atoms with Crippen LogP contribution in [0.5, 0.6) is 11.5 Å². The molecule has 0 radical (unpaired) electrons. The van der Waals surface area contributed by atoms with Gasteiger partial charge >= 0.3 is 0 Å². The van der Waals surface area contributed by atoms with Crippen molar-refractivity contribution in [1.29, 1.82) is 0 Å². The van der Waals surface area contributed by atoms with Crippen molar-refractivity contribution in [3.05, 3.63) is 60.2 Å². The Hall–Kier alpha value is -2.33. The van der Waals surface area contributed by atoms with Gasteiger partial charge in [0.1, 0.15) is 11.5 Å². The van der Waals surface area contributed by atoms with Crippen LogP contribution in [0.25, 0.3) is 0 Å². The van der Waals surface area contributed by atoms with E-state index in [0.29, 0.717) is 6.42 Å². The lowest BCUT2D eigenvalue weighted by atomic mass is 10.2. The lowest BCUT2D eigenvalue weighted by Crippen LogP contribution is -2.32. The van der Waals surface area contributed by atoms with Crippen molar-refractivity contribution in [3.8, 4) is 11.5 Å². The number of hydrogen-bond donors (Lipinski definition) is 0. The zero-order valence-electron chi connectivity index (χ0n) is 14.1. The molecule has 4 heteroatoms. The van der Waals surface area contributed by atoms with Gasteiger partial charge in [0.2, 0.25) is 5.91 Å². The molecule has 0 aromatic heterocycles. The Kier molecular flexibility index (Phi) is 5.49. The average molecular weight is 324 g/mol. The van der Waals surface area contributed by atoms with Gasteiger partial charge in [-0.3, -0.25) is 9.69 Å². The Balaban J connectivity index is 1.63. The van der Waals surface area contributed by atoms with Crippen LogP contribution >= 0.6 is 0 Å². The van der Waals surface area contributed by atoms with Gasteiger partial charge in [-0.25, -0.2) is 0 Å². The fraction of sp³-hybridized carbons (Fsp3) is 0.350. The van der Waals surface area contributed by atoms with E-state index in [1.54, 1.807) is 0 Å². The quantitative estimate of drug-likeness (QED) is 0.843. The predicted octanol–water partition coefficient (Wildman–Crippen LogP) is 3.53. The van der Waals surface area contributed by atoms with E-state index < -0.39 is 0 Å². The highest BCUT2D eigenvalue weighted by molar-refractivity contribution is 5.76. The van der Waals surface area contributed by atoms with E-state index in [1.807, 2.05) is 54.3 Å². The van der Waals surface area contributed by atoms with Crippen LogP contribution in [0.4, 0.5) is 0 Å². The molecular formula is C20H24N2O2. The largest absolute Gasteiger partial charge is 0.457 e. The Labute approximate surface area is 143 Å². The Morgan fingerprint density at radius 2 is 1.75 bits per heavy atom. The molecule has 0 bridgehead atoms. The van der Waals surface area contributed by atoms with E-state index >= 15 is 0 Å². The highest BCUT2D eigenvalue weighted by Gasteiger charge is 2.19. The van der Waals surface area contributed by atoms with Gasteiger partial charge in [-0.2, -0.15) is 0 Å². The standard InChI is InChI=1S/C20H24N2O2/c1-2-22-14-13-21(12-11-20(22)23)16-17-7-6-10-19(15-17)24-18-8-4-3-5-9-18/h3-10,15H,2,11-14,16H2,1H3. The number of likely N-dealkylation sites (N-methyl/N-ethyl adjacent to an activating group) is 1. The summed E-state index contributed by atoms with van der Waals surface area (Å²) in [5.41, 5.74) is 1.21. The van der Waals surface area contributed by atoms with Gasteiger partial charge in [-0.15, -0.1) is 0 Å². The molecule has 1 heterocycles. The molecule has 2 aromatic rings. The van der Waals surface area contributed by atoms with Crippen LogP contribution in [0, 0.1) is 0 Å². The fourth-order valence-corrected chi connectivity index (χ4v) is 2.99. The highest BCUT2D eigenvalue weighted by Crippen LogP contribution is 2.22. The fourth-order valence-electron chi connectivity index (χ4n) is 2.99. The molecule has 0 spiro atoms. The zero-order valence-corrected chi connectivity index (χ0v) is 14.1. The molecule has 1 aliphatic heterocycles.